The Kier molecular flexibility index (Phi) is 3.63. The van der Waals surface area contributed by atoms with Gasteiger partial charge in [-0.15, -0.1) is 0 Å². The lowest BCUT2D eigenvalue weighted by atomic mass is 10.1. The van der Waals surface area contributed by atoms with Gasteiger partial charge in [-0.05, 0) is 25.3 Å². The van der Waals surface area contributed by atoms with E-state index in [0.717, 1.165) is 25.2 Å². The summed E-state index contributed by atoms with van der Waals surface area (Å²) in [6.45, 7) is 7.16. The van der Waals surface area contributed by atoms with Crippen LogP contribution in [0.4, 0.5) is 0 Å². The van der Waals surface area contributed by atoms with Gasteiger partial charge in [0, 0.05) is 36.1 Å². The van der Waals surface area contributed by atoms with Crippen molar-refractivity contribution in [2.45, 2.75) is 32.5 Å². The average Bonchev–Trinajstić information content (AvgIpc) is 2.96. The van der Waals surface area contributed by atoms with Crippen molar-refractivity contribution < 1.29 is 4.52 Å². The number of hydrogen-bond acceptors (Lipinski definition) is 6. The van der Waals surface area contributed by atoms with E-state index >= 15 is 0 Å². The minimum Gasteiger partial charge on any atom is -0.338 e. The molecule has 0 amide bonds. The fraction of sp³-hybridized carbons (Fsp3) is 0.538. The monoisotopic (exact) mass is 278 g/mol. The van der Waals surface area contributed by atoms with Crippen molar-refractivity contribution >= 4 is 11.3 Å². The van der Waals surface area contributed by atoms with E-state index in [9.17, 15) is 0 Å². The van der Waals surface area contributed by atoms with Crippen molar-refractivity contribution in [1.29, 1.82) is 0 Å². The number of nitrogens with zero attached hydrogens (tertiary/aromatic N) is 3. The van der Waals surface area contributed by atoms with E-state index in [0.29, 0.717) is 23.8 Å². The molecule has 2 atom stereocenters. The van der Waals surface area contributed by atoms with Crippen LogP contribution in [0.5, 0.6) is 0 Å². The van der Waals surface area contributed by atoms with Gasteiger partial charge in [0.1, 0.15) is 0 Å². The molecule has 1 aliphatic heterocycles. The molecule has 5 nitrogen and oxygen atoms in total. The van der Waals surface area contributed by atoms with Gasteiger partial charge in [0.05, 0.1) is 6.54 Å². The molecule has 0 aromatic carbocycles. The van der Waals surface area contributed by atoms with Crippen molar-refractivity contribution in [2.24, 2.45) is 0 Å². The Morgan fingerprint density at radius 2 is 2.21 bits per heavy atom. The lowest BCUT2D eigenvalue weighted by Crippen LogP contribution is -2.53. The Morgan fingerprint density at radius 1 is 1.42 bits per heavy atom. The van der Waals surface area contributed by atoms with Crippen molar-refractivity contribution in [3.8, 4) is 11.4 Å². The maximum atomic E-state index is 5.34. The van der Waals surface area contributed by atoms with E-state index in [-0.39, 0.29) is 0 Å². The molecule has 1 aliphatic rings. The van der Waals surface area contributed by atoms with Crippen LogP contribution in [0.25, 0.3) is 11.4 Å². The summed E-state index contributed by atoms with van der Waals surface area (Å²) in [6, 6.07) is 3.01. The first-order chi connectivity index (χ1) is 9.20. The Balaban J connectivity index is 1.67. The van der Waals surface area contributed by atoms with Gasteiger partial charge in [-0.25, -0.2) is 0 Å². The Bertz CT molecular complexity index is 514. The highest BCUT2D eigenvalue weighted by molar-refractivity contribution is 7.08. The zero-order valence-electron chi connectivity index (χ0n) is 11.2. The van der Waals surface area contributed by atoms with Crippen molar-refractivity contribution in [3.63, 3.8) is 0 Å². The molecule has 1 N–H and O–H groups in total. The molecule has 0 aliphatic carbocycles. The zero-order chi connectivity index (χ0) is 13.2. The normalized spacial score (nSPS) is 24.7. The van der Waals surface area contributed by atoms with Crippen LogP contribution < -0.4 is 5.32 Å². The van der Waals surface area contributed by atoms with Crippen LogP contribution in [0.1, 0.15) is 19.7 Å². The smallest absolute Gasteiger partial charge is 0.241 e. The molecule has 6 heteroatoms. The topological polar surface area (TPSA) is 54.2 Å². The molecule has 3 rings (SSSR count). The first kappa shape index (κ1) is 12.8. The largest absolute Gasteiger partial charge is 0.338 e. The SMILES string of the molecule is CC1CN(Cc2nc(-c3ccsc3)no2)CC(C)N1. The van der Waals surface area contributed by atoms with E-state index in [1.807, 2.05) is 16.8 Å². The summed E-state index contributed by atoms with van der Waals surface area (Å²) in [7, 11) is 0. The third-order valence-electron chi connectivity index (χ3n) is 3.24. The van der Waals surface area contributed by atoms with Gasteiger partial charge in [-0.1, -0.05) is 5.16 Å². The average molecular weight is 278 g/mol. The fourth-order valence-corrected chi connectivity index (χ4v) is 3.22. The van der Waals surface area contributed by atoms with Gasteiger partial charge in [-0.2, -0.15) is 16.3 Å². The maximum absolute atomic E-state index is 5.34. The van der Waals surface area contributed by atoms with Crippen LogP contribution in [0, 0.1) is 0 Å². The lowest BCUT2D eigenvalue weighted by Gasteiger charge is -2.35. The Hall–Kier alpha value is -1.24. The fourth-order valence-electron chi connectivity index (χ4n) is 2.59. The second-order valence-corrected chi connectivity index (χ2v) is 5.97. The standard InChI is InChI=1S/C13H18N4OS/c1-9-5-17(6-10(2)14-9)7-12-15-13(16-18-12)11-3-4-19-8-11/h3-4,8-10,14H,5-7H2,1-2H3. The van der Waals surface area contributed by atoms with Gasteiger partial charge in [0.25, 0.3) is 0 Å². The summed E-state index contributed by atoms with van der Waals surface area (Å²) in [6.07, 6.45) is 0. The van der Waals surface area contributed by atoms with Gasteiger partial charge < -0.3 is 9.84 Å². The minimum atomic E-state index is 0.503. The highest BCUT2D eigenvalue weighted by atomic mass is 32.1. The maximum Gasteiger partial charge on any atom is 0.241 e. The highest BCUT2D eigenvalue weighted by Gasteiger charge is 2.22. The molecule has 0 radical (unpaired) electrons. The Labute approximate surface area is 116 Å². The Morgan fingerprint density at radius 3 is 2.89 bits per heavy atom. The van der Waals surface area contributed by atoms with Crippen LogP contribution >= 0.6 is 11.3 Å². The third kappa shape index (κ3) is 3.02. The van der Waals surface area contributed by atoms with Gasteiger partial charge in [0.2, 0.25) is 11.7 Å². The van der Waals surface area contributed by atoms with Crippen molar-refractivity contribution in [1.82, 2.24) is 20.4 Å². The van der Waals surface area contributed by atoms with Gasteiger partial charge in [-0.3, -0.25) is 4.90 Å². The minimum absolute atomic E-state index is 0.503. The summed E-state index contributed by atoms with van der Waals surface area (Å²) in [5.41, 5.74) is 1.03. The molecule has 0 saturated carbocycles. The zero-order valence-corrected chi connectivity index (χ0v) is 12.0. The summed E-state index contributed by atoms with van der Waals surface area (Å²) >= 11 is 1.64. The van der Waals surface area contributed by atoms with E-state index in [1.54, 1.807) is 11.3 Å². The lowest BCUT2D eigenvalue weighted by molar-refractivity contribution is 0.149. The van der Waals surface area contributed by atoms with E-state index in [2.05, 4.69) is 34.2 Å². The van der Waals surface area contributed by atoms with E-state index in [4.69, 9.17) is 4.52 Å². The molecular weight excluding hydrogens is 260 g/mol. The summed E-state index contributed by atoms with van der Waals surface area (Å²) in [5.74, 6) is 1.38. The second-order valence-electron chi connectivity index (χ2n) is 5.19. The first-order valence-corrected chi connectivity index (χ1v) is 7.48. The number of hydrogen-bond donors (Lipinski definition) is 1. The van der Waals surface area contributed by atoms with Crippen LogP contribution in [0.3, 0.4) is 0 Å². The predicted octanol–water partition coefficient (Wildman–Crippen LogP) is 1.98. The molecule has 0 spiro atoms. The molecule has 3 heterocycles. The number of rotatable bonds is 3. The molecule has 2 aromatic heterocycles. The molecule has 102 valence electrons. The highest BCUT2D eigenvalue weighted by Crippen LogP contribution is 2.19. The second kappa shape index (κ2) is 5.40. The summed E-state index contributed by atoms with van der Waals surface area (Å²) in [4.78, 5) is 6.82. The molecule has 19 heavy (non-hydrogen) atoms. The van der Waals surface area contributed by atoms with Crippen LogP contribution in [-0.2, 0) is 6.54 Å². The summed E-state index contributed by atoms with van der Waals surface area (Å²) < 4.78 is 5.34. The number of piperazine rings is 1. The number of nitrogens with one attached hydrogen (secondary N) is 1. The van der Waals surface area contributed by atoms with Gasteiger partial charge in [0.15, 0.2) is 0 Å². The molecule has 2 aromatic rings. The van der Waals surface area contributed by atoms with Gasteiger partial charge >= 0.3 is 0 Å². The molecule has 1 fully saturated rings. The first-order valence-electron chi connectivity index (χ1n) is 6.54. The third-order valence-corrected chi connectivity index (χ3v) is 3.92. The van der Waals surface area contributed by atoms with E-state index in [1.165, 1.54) is 0 Å². The van der Waals surface area contributed by atoms with Crippen molar-refractivity contribution in [2.75, 3.05) is 13.1 Å². The van der Waals surface area contributed by atoms with Crippen LogP contribution in [0.2, 0.25) is 0 Å². The molecular formula is C13H18N4OS. The quantitative estimate of drug-likeness (QED) is 0.930. The summed E-state index contributed by atoms with van der Waals surface area (Å²) in [5, 5.41) is 11.6. The number of aromatic nitrogens is 2. The van der Waals surface area contributed by atoms with Crippen LogP contribution in [0.15, 0.2) is 21.3 Å². The number of thiophene rings is 1. The van der Waals surface area contributed by atoms with Crippen LogP contribution in [-0.4, -0.2) is 40.2 Å². The molecule has 0 bridgehead atoms. The molecule has 2 unspecified atom stereocenters. The van der Waals surface area contributed by atoms with Crippen molar-refractivity contribution in [3.05, 3.63) is 22.7 Å². The predicted molar refractivity (Wildman–Crippen MR) is 74.9 cm³/mol. The molecule has 1 saturated heterocycles. The van der Waals surface area contributed by atoms with E-state index < -0.39 is 0 Å².